The van der Waals surface area contributed by atoms with Crippen molar-refractivity contribution in [3.8, 4) is 11.1 Å². The highest BCUT2D eigenvalue weighted by Gasteiger charge is 2.22. The minimum absolute atomic E-state index is 0.437. The van der Waals surface area contributed by atoms with Gasteiger partial charge in [-0.3, -0.25) is 0 Å². The number of rotatable bonds is 1. The zero-order chi connectivity index (χ0) is 17.5. The quantitative estimate of drug-likeness (QED) is 0.731. The molecule has 128 valence electrons. The van der Waals surface area contributed by atoms with E-state index in [-0.39, 0.29) is 0 Å². The van der Waals surface area contributed by atoms with Crippen LogP contribution >= 0.6 is 15.9 Å². The minimum Gasteiger partial charge on any atom is -0.364 e. The molecule has 1 nitrogen and oxygen atoms in total. The van der Waals surface area contributed by atoms with Gasteiger partial charge in [-0.1, -0.05) is 58.4 Å². The summed E-state index contributed by atoms with van der Waals surface area (Å²) >= 11 is 3.60. The molecule has 0 spiro atoms. The van der Waals surface area contributed by atoms with Gasteiger partial charge in [0.1, 0.15) is 0 Å². The summed E-state index contributed by atoms with van der Waals surface area (Å²) in [6.45, 7) is 0. The van der Waals surface area contributed by atoms with E-state index in [1.54, 1.807) is 0 Å². The second-order valence-electron chi connectivity index (χ2n) is 7.08. The predicted molar refractivity (Wildman–Crippen MR) is 113 cm³/mol. The average Bonchev–Trinajstić information content (AvgIpc) is 2.96. The number of allylic oxidation sites excluding steroid dienone is 5. The van der Waals surface area contributed by atoms with E-state index < -0.39 is 0 Å². The van der Waals surface area contributed by atoms with Crippen LogP contribution in [0.4, 0.5) is 0 Å². The summed E-state index contributed by atoms with van der Waals surface area (Å²) in [7, 11) is 0. The molecule has 1 N–H and O–H groups in total. The third-order valence-electron chi connectivity index (χ3n) is 5.60. The number of halogens is 1. The van der Waals surface area contributed by atoms with E-state index in [2.05, 4.69) is 88.0 Å². The molecule has 1 unspecified atom stereocenters. The summed E-state index contributed by atoms with van der Waals surface area (Å²) in [4.78, 5) is 0. The summed E-state index contributed by atoms with van der Waals surface area (Å²) < 4.78 is 1.16. The predicted octanol–water partition coefficient (Wildman–Crippen LogP) is 4.67. The van der Waals surface area contributed by atoms with Crippen molar-refractivity contribution in [2.45, 2.75) is 25.2 Å². The summed E-state index contributed by atoms with van der Waals surface area (Å²) in [6.07, 6.45) is 18.6. The lowest BCUT2D eigenvalue weighted by atomic mass is 9.81. The Hall–Kier alpha value is -2.32. The Morgan fingerprint density at radius 3 is 2.81 bits per heavy atom. The molecule has 2 aromatic carbocycles. The molecule has 0 amide bonds. The van der Waals surface area contributed by atoms with Crippen molar-refractivity contribution in [2.24, 2.45) is 0 Å². The first-order valence-corrected chi connectivity index (χ1v) is 10.0. The Morgan fingerprint density at radius 1 is 0.923 bits per heavy atom. The molecule has 1 aliphatic heterocycles. The monoisotopic (exact) mass is 401 g/mol. The maximum atomic E-state index is 3.60. The molecule has 0 saturated heterocycles. The average molecular weight is 402 g/mol. The van der Waals surface area contributed by atoms with Crippen LogP contribution in [-0.4, -0.2) is 0 Å². The van der Waals surface area contributed by atoms with Gasteiger partial charge in [-0.25, -0.2) is 0 Å². The van der Waals surface area contributed by atoms with Crippen molar-refractivity contribution >= 4 is 28.1 Å². The SMILES string of the molecule is Brc1ccc2c(c1)CC=c1c-2ccc2c1=CCCC2C1=CC=CC=CN1. The molecular formula is C24H20BrN. The number of hydrogen-bond donors (Lipinski definition) is 1. The van der Waals surface area contributed by atoms with Gasteiger partial charge in [0.15, 0.2) is 0 Å². The van der Waals surface area contributed by atoms with Crippen LogP contribution in [0.15, 0.2) is 71.0 Å². The molecule has 1 heterocycles. The number of hydrogen-bond acceptors (Lipinski definition) is 1. The molecule has 0 aromatic heterocycles. The molecule has 1 atom stereocenters. The fraction of sp³-hybridized carbons (Fsp3) is 0.167. The third-order valence-corrected chi connectivity index (χ3v) is 6.10. The number of nitrogens with one attached hydrogen (secondary N) is 1. The normalized spacial score (nSPS) is 19.7. The zero-order valence-corrected chi connectivity index (χ0v) is 16.1. The van der Waals surface area contributed by atoms with E-state index in [1.165, 1.54) is 38.4 Å². The Labute approximate surface area is 162 Å². The van der Waals surface area contributed by atoms with Crippen LogP contribution in [0.3, 0.4) is 0 Å². The second kappa shape index (κ2) is 6.44. The van der Waals surface area contributed by atoms with Gasteiger partial charge in [0.25, 0.3) is 0 Å². The first-order valence-electron chi connectivity index (χ1n) is 9.23. The highest BCUT2D eigenvalue weighted by atomic mass is 79.9. The number of fused-ring (bicyclic) bond motifs is 5. The fourth-order valence-corrected chi connectivity index (χ4v) is 4.82. The van der Waals surface area contributed by atoms with Crippen LogP contribution in [0.1, 0.15) is 29.9 Å². The first-order chi connectivity index (χ1) is 12.8. The van der Waals surface area contributed by atoms with Gasteiger partial charge < -0.3 is 5.32 Å². The highest BCUT2D eigenvalue weighted by Crippen LogP contribution is 2.32. The zero-order valence-electron chi connectivity index (χ0n) is 14.5. The third kappa shape index (κ3) is 2.60. The summed E-state index contributed by atoms with van der Waals surface area (Å²) in [5, 5.41) is 6.34. The minimum atomic E-state index is 0.437. The highest BCUT2D eigenvalue weighted by molar-refractivity contribution is 9.10. The van der Waals surface area contributed by atoms with Crippen LogP contribution in [0.25, 0.3) is 23.3 Å². The van der Waals surface area contributed by atoms with E-state index in [0.717, 1.165) is 23.7 Å². The van der Waals surface area contributed by atoms with Crippen LogP contribution in [0.2, 0.25) is 0 Å². The van der Waals surface area contributed by atoms with E-state index in [9.17, 15) is 0 Å². The topological polar surface area (TPSA) is 12.0 Å². The second-order valence-corrected chi connectivity index (χ2v) is 8.00. The molecule has 2 heteroatoms. The van der Waals surface area contributed by atoms with Crippen LogP contribution < -0.4 is 15.8 Å². The van der Waals surface area contributed by atoms with Gasteiger partial charge in [-0.05, 0) is 76.2 Å². The first kappa shape index (κ1) is 15.9. The van der Waals surface area contributed by atoms with Crippen LogP contribution in [0.5, 0.6) is 0 Å². The van der Waals surface area contributed by atoms with Crippen molar-refractivity contribution in [3.63, 3.8) is 0 Å². The van der Waals surface area contributed by atoms with Gasteiger partial charge in [-0.15, -0.1) is 0 Å². The largest absolute Gasteiger partial charge is 0.364 e. The van der Waals surface area contributed by atoms with Crippen molar-refractivity contribution in [3.05, 3.63) is 92.6 Å². The van der Waals surface area contributed by atoms with Gasteiger partial charge in [-0.2, -0.15) is 0 Å². The smallest absolute Gasteiger partial charge is 0.0249 e. The number of benzene rings is 2. The van der Waals surface area contributed by atoms with Crippen molar-refractivity contribution in [1.82, 2.24) is 5.32 Å². The van der Waals surface area contributed by atoms with Gasteiger partial charge in [0, 0.05) is 22.3 Å². The molecule has 5 rings (SSSR count). The van der Waals surface area contributed by atoms with Crippen molar-refractivity contribution in [1.29, 1.82) is 0 Å². The molecule has 3 aliphatic rings. The van der Waals surface area contributed by atoms with E-state index >= 15 is 0 Å². The van der Waals surface area contributed by atoms with Crippen molar-refractivity contribution < 1.29 is 0 Å². The van der Waals surface area contributed by atoms with Gasteiger partial charge in [0.05, 0.1) is 0 Å². The van der Waals surface area contributed by atoms with Crippen LogP contribution in [-0.2, 0) is 6.42 Å². The maximum absolute atomic E-state index is 3.60. The molecular weight excluding hydrogens is 382 g/mol. The molecule has 2 aromatic rings. The van der Waals surface area contributed by atoms with E-state index in [4.69, 9.17) is 0 Å². The summed E-state index contributed by atoms with van der Waals surface area (Å²) in [5.41, 5.74) is 6.90. The van der Waals surface area contributed by atoms with Gasteiger partial charge in [0.2, 0.25) is 0 Å². The van der Waals surface area contributed by atoms with Gasteiger partial charge >= 0.3 is 0 Å². The Bertz CT molecular complexity index is 1100. The van der Waals surface area contributed by atoms with E-state index in [0.29, 0.717) is 5.92 Å². The lowest BCUT2D eigenvalue weighted by Gasteiger charge is -2.26. The fourth-order valence-electron chi connectivity index (χ4n) is 4.41. The summed E-state index contributed by atoms with van der Waals surface area (Å²) in [6, 6.07) is 11.3. The Balaban J connectivity index is 1.67. The van der Waals surface area contributed by atoms with E-state index in [1.807, 2.05) is 6.20 Å². The summed E-state index contributed by atoms with van der Waals surface area (Å²) in [5.74, 6) is 0.437. The molecule has 2 aliphatic carbocycles. The van der Waals surface area contributed by atoms with Crippen molar-refractivity contribution in [2.75, 3.05) is 0 Å². The van der Waals surface area contributed by atoms with Crippen LogP contribution in [0, 0.1) is 0 Å². The molecule has 0 saturated carbocycles. The molecule has 26 heavy (non-hydrogen) atoms. The lowest BCUT2D eigenvalue weighted by molar-refractivity contribution is 0.673. The lowest BCUT2D eigenvalue weighted by Crippen LogP contribution is -2.36. The molecule has 0 fully saturated rings. The standard InChI is InChI=1S/C24H20BrN/c25-17-9-11-18-16(15-17)8-10-21-19-5-4-6-23(22(19)13-12-20(18)21)24-7-2-1-3-14-26-24/h1-3,5,7,9-15,23,26H,4,6,8H2. The maximum Gasteiger partial charge on any atom is 0.0249 e. The molecule has 0 radical (unpaired) electrons. The Morgan fingerprint density at radius 2 is 1.85 bits per heavy atom. The Kier molecular flexibility index (Phi) is 3.94. The molecule has 0 bridgehead atoms.